The fraction of sp³-hybridized carbons (Fsp3) is 0.370. The average molecular weight is 413 g/mol. The van der Waals surface area contributed by atoms with Crippen LogP contribution in [0, 0.1) is 20.8 Å². The number of pyridine rings is 1. The summed E-state index contributed by atoms with van der Waals surface area (Å²) in [7, 11) is 0. The summed E-state index contributed by atoms with van der Waals surface area (Å²) in [4.78, 5) is 5.01. The van der Waals surface area contributed by atoms with Gasteiger partial charge in [-0.15, -0.1) is 0 Å². The molecule has 4 aromatic rings. The van der Waals surface area contributed by atoms with Crippen molar-refractivity contribution in [3.63, 3.8) is 0 Å². The van der Waals surface area contributed by atoms with Gasteiger partial charge in [0.15, 0.2) is 0 Å². The van der Waals surface area contributed by atoms with E-state index in [9.17, 15) is 0 Å². The summed E-state index contributed by atoms with van der Waals surface area (Å²) in [5.41, 5.74) is 8.15. The normalized spacial score (nSPS) is 14.7. The van der Waals surface area contributed by atoms with Gasteiger partial charge in [-0.25, -0.2) is 4.98 Å². The van der Waals surface area contributed by atoms with Crippen LogP contribution in [0.1, 0.15) is 42.5 Å². The van der Waals surface area contributed by atoms with Crippen LogP contribution in [0.25, 0.3) is 27.6 Å². The monoisotopic (exact) mass is 412 g/mol. The number of nitrogens with one attached hydrogen (secondary N) is 2. The molecule has 4 heteroatoms. The number of anilines is 1. The molecule has 0 amide bonds. The molecule has 160 valence electrons. The molecule has 0 spiro atoms. The molecule has 2 heterocycles. The molecule has 0 bridgehead atoms. The van der Waals surface area contributed by atoms with E-state index < -0.39 is 0 Å². The van der Waals surface area contributed by atoms with E-state index in [0.29, 0.717) is 6.04 Å². The summed E-state index contributed by atoms with van der Waals surface area (Å²) in [5.74, 6) is 0. The summed E-state index contributed by atoms with van der Waals surface area (Å²) in [6, 6.07) is 18.3. The Morgan fingerprint density at radius 1 is 0.935 bits per heavy atom. The van der Waals surface area contributed by atoms with E-state index in [1.807, 2.05) is 0 Å². The summed E-state index contributed by atoms with van der Waals surface area (Å²) >= 11 is 0. The van der Waals surface area contributed by atoms with Crippen LogP contribution in [0.5, 0.6) is 0 Å². The van der Waals surface area contributed by atoms with Crippen molar-refractivity contribution in [3.8, 4) is 5.69 Å². The van der Waals surface area contributed by atoms with Gasteiger partial charge in [0.2, 0.25) is 0 Å². The quantitative estimate of drug-likeness (QED) is 0.379. The van der Waals surface area contributed by atoms with Crippen molar-refractivity contribution in [1.29, 1.82) is 0 Å². The van der Waals surface area contributed by atoms with Crippen LogP contribution in [0.2, 0.25) is 0 Å². The Bertz CT molecular complexity index is 1210. The molecule has 0 aliphatic heterocycles. The fourth-order valence-electron chi connectivity index (χ4n) is 5.16. The highest BCUT2D eigenvalue weighted by Gasteiger charge is 2.18. The van der Waals surface area contributed by atoms with Crippen molar-refractivity contribution in [2.75, 3.05) is 18.4 Å². The van der Waals surface area contributed by atoms with Gasteiger partial charge in [-0.1, -0.05) is 37.1 Å². The minimum atomic E-state index is 0.701. The van der Waals surface area contributed by atoms with Gasteiger partial charge in [-0.3, -0.25) is 4.57 Å². The molecule has 4 nitrogen and oxygen atoms in total. The molecule has 2 N–H and O–H groups in total. The van der Waals surface area contributed by atoms with Gasteiger partial charge >= 0.3 is 0 Å². The predicted molar refractivity (Wildman–Crippen MR) is 132 cm³/mol. The number of nitrogens with zero attached hydrogens (tertiary/aromatic N) is 2. The molecule has 5 rings (SSSR count). The second-order valence-electron chi connectivity index (χ2n) is 9.07. The van der Waals surface area contributed by atoms with Crippen molar-refractivity contribution in [3.05, 3.63) is 65.4 Å². The van der Waals surface area contributed by atoms with Crippen molar-refractivity contribution in [1.82, 2.24) is 14.9 Å². The van der Waals surface area contributed by atoms with Gasteiger partial charge in [-0.2, -0.15) is 0 Å². The topological polar surface area (TPSA) is 41.9 Å². The summed E-state index contributed by atoms with van der Waals surface area (Å²) < 4.78 is 2.32. The van der Waals surface area contributed by atoms with Gasteiger partial charge < -0.3 is 10.6 Å². The second kappa shape index (κ2) is 8.35. The molecule has 2 aromatic carbocycles. The maximum Gasteiger partial charge on any atom is 0.147 e. The lowest BCUT2D eigenvalue weighted by Crippen LogP contribution is -2.30. The van der Waals surface area contributed by atoms with Gasteiger partial charge in [0.1, 0.15) is 5.65 Å². The van der Waals surface area contributed by atoms with E-state index in [1.54, 1.807) is 0 Å². The van der Waals surface area contributed by atoms with E-state index in [1.165, 1.54) is 64.5 Å². The van der Waals surface area contributed by atoms with Crippen LogP contribution in [-0.4, -0.2) is 28.7 Å². The fourth-order valence-corrected chi connectivity index (χ4v) is 5.16. The zero-order valence-corrected chi connectivity index (χ0v) is 18.8. The van der Waals surface area contributed by atoms with Crippen LogP contribution in [-0.2, 0) is 0 Å². The summed E-state index contributed by atoms with van der Waals surface area (Å²) in [6.07, 6.45) is 5.38. The number of aryl methyl sites for hydroxylation is 3. The standard InChI is InChI=1S/C27H32N4/c1-18-14-19(2)16-22(15-18)31-25-11-7-6-10-23(25)26-24(17-20(3)30-27(26)31)29-13-12-28-21-8-4-5-9-21/h6-7,10-11,14-17,21,28H,4-5,8-9,12-13H2,1-3H3,(H,29,30). The third kappa shape index (κ3) is 3.92. The highest BCUT2D eigenvalue weighted by atomic mass is 15.1. The van der Waals surface area contributed by atoms with Crippen molar-refractivity contribution in [2.45, 2.75) is 52.5 Å². The third-order valence-electron chi connectivity index (χ3n) is 6.45. The predicted octanol–water partition coefficient (Wildman–Crippen LogP) is 6.05. The number of aromatic nitrogens is 2. The maximum atomic E-state index is 5.01. The lowest BCUT2D eigenvalue weighted by atomic mass is 10.1. The molecule has 0 radical (unpaired) electrons. The molecule has 1 saturated carbocycles. The van der Waals surface area contributed by atoms with Crippen LogP contribution >= 0.6 is 0 Å². The Kier molecular flexibility index (Phi) is 5.41. The summed E-state index contributed by atoms with van der Waals surface area (Å²) in [5, 5.41) is 9.88. The Balaban J connectivity index is 1.58. The number of hydrogen-bond acceptors (Lipinski definition) is 3. The third-order valence-corrected chi connectivity index (χ3v) is 6.45. The van der Waals surface area contributed by atoms with E-state index >= 15 is 0 Å². The number of fused-ring (bicyclic) bond motifs is 3. The van der Waals surface area contributed by atoms with Crippen LogP contribution in [0.15, 0.2) is 48.5 Å². The Hall–Kier alpha value is -2.85. The maximum absolute atomic E-state index is 5.01. The molecule has 1 aliphatic rings. The van der Waals surface area contributed by atoms with E-state index in [2.05, 4.69) is 84.5 Å². The van der Waals surface area contributed by atoms with Gasteiger partial charge in [0, 0.05) is 41.6 Å². The zero-order valence-electron chi connectivity index (χ0n) is 18.8. The smallest absolute Gasteiger partial charge is 0.147 e. The number of para-hydroxylation sites is 1. The number of benzene rings is 2. The van der Waals surface area contributed by atoms with Crippen LogP contribution in [0.3, 0.4) is 0 Å². The number of hydrogen-bond donors (Lipinski definition) is 2. The van der Waals surface area contributed by atoms with Crippen LogP contribution < -0.4 is 10.6 Å². The molecule has 1 fully saturated rings. The molecule has 0 unspecified atom stereocenters. The molecular weight excluding hydrogens is 380 g/mol. The minimum absolute atomic E-state index is 0.701. The SMILES string of the molecule is Cc1cc(C)cc(-n2c3ccccc3c3c(NCCNC4CCCC4)cc(C)nc32)c1. The first-order chi connectivity index (χ1) is 15.1. The van der Waals surface area contributed by atoms with Gasteiger partial charge in [0.05, 0.1) is 10.9 Å². The van der Waals surface area contributed by atoms with Crippen molar-refractivity contribution in [2.24, 2.45) is 0 Å². The first kappa shape index (κ1) is 20.1. The molecule has 1 aliphatic carbocycles. The lowest BCUT2D eigenvalue weighted by molar-refractivity contribution is 0.536. The second-order valence-corrected chi connectivity index (χ2v) is 9.07. The molecular formula is C27H32N4. The average Bonchev–Trinajstić information content (AvgIpc) is 3.36. The first-order valence-electron chi connectivity index (χ1n) is 11.6. The van der Waals surface area contributed by atoms with Crippen molar-refractivity contribution < 1.29 is 0 Å². The zero-order chi connectivity index (χ0) is 21.4. The largest absolute Gasteiger partial charge is 0.383 e. The van der Waals surface area contributed by atoms with E-state index in [4.69, 9.17) is 4.98 Å². The highest BCUT2D eigenvalue weighted by Crippen LogP contribution is 2.36. The Labute approximate surface area is 184 Å². The van der Waals surface area contributed by atoms with Gasteiger partial charge in [-0.05, 0) is 69.0 Å². The summed E-state index contributed by atoms with van der Waals surface area (Å²) in [6.45, 7) is 8.31. The van der Waals surface area contributed by atoms with Gasteiger partial charge in [0.25, 0.3) is 0 Å². The molecule has 0 atom stereocenters. The minimum Gasteiger partial charge on any atom is -0.383 e. The van der Waals surface area contributed by atoms with Crippen molar-refractivity contribution >= 4 is 27.6 Å². The molecule has 31 heavy (non-hydrogen) atoms. The Morgan fingerprint density at radius 3 is 2.45 bits per heavy atom. The highest BCUT2D eigenvalue weighted by molar-refractivity contribution is 6.13. The van der Waals surface area contributed by atoms with E-state index in [-0.39, 0.29) is 0 Å². The Morgan fingerprint density at radius 2 is 1.68 bits per heavy atom. The van der Waals surface area contributed by atoms with Crippen LogP contribution in [0.4, 0.5) is 5.69 Å². The van der Waals surface area contributed by atoms with E-state index in [0.717, 1.165) is 24.4 Å². The molecule has 2 aromatic heterocycles. The first-order valence-corrected chi connectivity index (χ1v) is 11.6. The number of rotatable bonds is 6. The molecule has 0 saturated heterocycles. The lowest BCUT2D eigenvalue weighted by Gasteiger charge is -2.14.